The second-order valence-corrected chi connectivity index (χ2v) is 3.00. The first-order valence-corrected chi connectivity index (χ1v) is 3.89. The molecule has 0 saturated heterocycles. The molecule has 62 valence electrons. The van der Waals surface area contributed by atoms with E-state index in [-0.39, 0.29) is 7.33 Å². The maximum Gasteiger partial charge on any atom is 0.214 e. The summed E-state index contributed by atoms with van der Waals surface area (Å²) in [6, 6.07) is 0. The van der Waals surface area contributed by atoms with Crippen LogP contribution in [-0.2, 0) is 4.79 Å². The number of hydrogen-bond acceptors (Lipinski definition) is 1. The molecule has 0 bridgehead atoms. The highest BCUT2D eigenvalue weighted by Crippen LogP contribution is 2.22. The predicted octanol–water partition coefficient (Wildman–Crippen LogP) is 1.93. The number of amides is 1. The summed E-state index contributed by atoms with van der Waals surface area (Å²) in [5, 5.41) is 0. The van der Waals surface area contributed by atoms with Crippen LogP contribution in [0.15, 0.2) is 0 Å². The maximum absolute atomic E-state index is 9.22. The van der Waals surface area contributed by atoms with Crippen molar-refractivity contribution < 1.29 is 6.22 Å². The van der Waals surface area contributed by atoms with Gasteiger partial charge in [-0.25, -0.2) is 0 Å². The minimum atomic E-state index is -0.333. The second-order valence-electron chi connectivity index (χ2n) is 3.00. The summed E-state index contributed by atoms with van der Waals surface area (Å²) in [7, 11) is 0. The Labute approximate surface area is 64.3 Å². The molecule has 0 radical (unpaired) electrons. The molecule has 1 rings (SSSR count). The van der Waals surface area contributed by atoms with Crippen LogP contribution in [0.3, 0.4) is 0 Å². The van der Waals surface area contributed by atoms with Gasteiger partial charge >= 0.3 is 0 Å². The molecule has 1 aliphatic rings. The highest BCUT2D eigenvalue weighted by atomic mass is 16.1. The Bertz CT molecular complexity index is 96.3. The zero-order valence-corrected chi connectivity index (χ0v) is 6.89. The normalized spacial score (nSPS) is 17.8. The quantitative estimate of drug-likeness (QED) is 0.556. The lowest BCUT2D eigenvalue weighted by Crippen LogP contribution is -2.01. The van der Waals surface area contributed by atoms with Crippen molar-refractivity contribution in [3.63, 3.8) is 0 Å². The van der Waals surface area contributed by atoms with Gasteiger partial charge in [-0.1, -0.05) is 32.6 Å². The predicted molar refractivity (Wildman–Crippen MR) is 44.6 cm³/mol. The van der Waals surface area contributed by atoms with E-state index in [0.717, 1.165) is 5.92 Å². The summed E-state index contributed by atoms with van der Waals surface area (Å²) in [6.07, 6.45) is 5.95. The van der Waals surface area contributed by atoms with E-state index < -0.39 is 0 Å². The molecule has 10 heavy (non-hydrogen) atoms. The van der Waals surface area contributed by atoms with Crippen molar-refractivity contribution in [1.82, 2.24) is 0 Å². The van der Waals surface area contributed by atoms with Gasteiger partial charge in [0, 0.05) is 8.35 Å². The standard InChI is InChI=1S/C6H12.C2H5NO.H2/c1-6-4-2-3-5-6;1-2(3)4;/h6H,2-5H2,1H3;1H3,(H2,3,4);1H. The SMILES string of the molecule is CC(N)=O.CC1CCCC1.[HH]. The summed E-state index contributed by atoms with van der Waals surface area (Å²) in [5.41, 5.74) is 4.47. The first-order valence-electron chi connectivity index (χ1n) is 3.89. The Morgan fingerprint density at radius 2 is 1.80 bits per heavy atom. The third-order valence-electron chi connectivity index (χ3n) is 1.64. The average Bonchev–Trinajstić information content (AvgIpc) is 2.15. The summed E-state index contributed by atoms with van der Waals surface area (Å²) >= 11 is 0. The van der Waals surface area contributed by atoms with Gasteiger partial charge < -0.3 is 5.73 Å². The fourth-order valence-electron chi connectivity index (χ4n) is 1.13. The molecule has 2 nitrogen and oxygen atoms in total. The van der Waals surface area contributed by atoms with Crippen molar-refractivity contribution in [2.45, 2.75) is 39.5 Å². The van der Waals surface area contributed by atoms with Gasteiger partial charge in [0.05, 0.1) is 0 Å². The lowest BCUT2D eigenvalue weighted by Gasteiger charge is -1.91. The van der Waals surface area contributed by atoms with Crippen molar-refractivity contribution in [2.24, 2.45) is 11.7 Å². The van der Waals surface area contributed by atoms with Crippen molar-refractivity contribution >= 4 is 5.91 Å². The van der Waals surface area contributed by atoms with Gasteiger partial charge in [-0.05, 0) is 5.92 Å². The summed E-state index contributed by atoms with van der Waals surface area (Å²) in [5.74, 6) is 0.713. The van der Waals surface area contributed by atoms with Crippen LogP contribution in [-0.4, -0.2) is 5.91 Å². The summed E-state index contributed by atoms with van der Waals surface area (Å²) < 4.78 is 0. The fourth-order valence-corrected chi connectivity index (χ4v) is 1.13. The van der Waals surface area contributed by atoms with Crippen molar-refractivity contribution in [3.05, 3.63) is 0 Å². The average molecular weight is 145 g/mol. The van der Waals surface area contributed by atoms with Gasteiger partial charge in [-0.3, -0.25) is 4.79 Å². The van der Waals surface area contributed by atoms with E-state index in [1.165, 1.54) is 32.6 Å². The molecule has 1 aliphatic carbocycles. The molecule has 0 unspecified atom stereocenters. The zero-order valence-electron chi connectivity index (χ0n) is 6.89. The Morgan fingerprint density at radius 3 is 1.90 bits per heavy atom. The third kappa shape index (κ3) is 7.47. The van der Waals surface area contributed by atoms with E-state index in [9.17, 15) is 4.79 Å². The van der Waals surface area contributed by atoms with Gasteiger partial charge in [0.25, 0.3) is 0 Å². The number of primary amides is 1. The molecule has 0 aromatic rings. The molecule has 2 heteroatoms. The second kappa shape index (κ2) is 5.27. The summed E-state index contributed by atoms with van der Waals surface area (Å²) in [6.45, 7) is 3.65. The van der Waals surface area contributed by atoms with Crippen molar-refractivity contribution in [2.75, 3.05) is 0 Å². The Kier molecular flexibility index (Phi) is 4.99. The number of rotatable bonds is 0. The van der Waals surface area contributed by atoms with Gasteiger partial charge in [0.15, 0.2) is 0 Å². The number of carbonyl (C=O) groups is 1. The van der Waals surface area contributed by atoms with E-state index in [1.807, 2.05) is 0 Å². The lowest BCUT2D eigenvalue weighted by atomic mass is 10.2. The Balaban J connectivity index is 0. The molecule has 0 atom stereocenters. The highest BCUT2D eigenvalue weighted by Gasteiger charge is 2.07. The Morgan fingerprint density at radius 1 is 1.50 bits per heavy atom. The molecule has 1 saturated carbocycles. The molecule has 0 aromatic heterocycles. The third-order valence-corrected chi connectivity index (χ3v) is 1.64. The number of nitrogens with two attached hydrogens (primary N) is 1. The first-order chi connectivity index (χ1) is 4.63. The van der Waals surface area contributed by atoms with Gasteiger partial charge in [-0.2, -0.15) is 0 Å². The van der Waals surface area contributed by atoms with Crippen LogP contribution in [0, 0.1) is 5.92 Å². The maximum atomic E-state index is 9.22. The van der Waals surface area contributed by atoms with E-state index >= 15 is 0 Å². The molecule has 0 spiro atoms. The minimum absolute atomic E-state index is 0. The van der Waals surface area contributed by atoms with Crippen LogP contribution in [0.1, 0.15) is 41.0 Å². The molecule has 0 aromatic carbocycles. The largest absolute Gasteiger partial charge is 0.370 e. The molecule has 0 aliphatic heterocycles. The molecule has 1 fully saturated rings. The smallest absolute Gasteiger partial charge is 0.214 e. The molecular formula is C8H19NO. The van der Waals surface area contributed by atoms with Crippen LogP contribution in [0.5, 0.6) is 0 Å². The van der Waals surface area contributed by atoms with E-state index in [2.05, 4.69) is 12.7 Å². The molecule has 2 N–H and O–H groups in total. The van der Waals surface area contributed by atoms with Gasteiger partial charge in [-0.15, -0.1) is 0 Å². The minimum Gasteiger partial charge on any atom is -0.370 e. The zero-order chi connectivity index (χ0) is 7.98. The lowest BCUT2D eigenvalue weighted by molar-refractivity contribution is -0.115. The molecular weight excluding hydrogens is 126 g/mol. The Hall–Kier alpha value is -0.530. The topological polar surface area (TPSA) is 43.1 Å². The number of carbonyl (C=O) groups excluding carboxylic acids is 1. The monoisotopic (exact) mass is 145 g/mol. The van der Waals surface area contributed by atoms with Gasteiger partial charge in [0.2, 0.25) is 5.91 Å². The van der Waals surface area contributed by atoms with Crippen LogP contribution >= 0.6 is 0 Å². The summed E-state index contributed by atoms with van der Waals surface area (Å²) in [4.78, 5) is 9.22. The van der Waals surface area contributed by atoms with Crippen molar-refractivity contribution in [1.29, 1.82) is 0 Å². The van der Waals surface area contributed by atoms with Crippen LogP contribution < -0.4 is 5.73 Å². The molecule has 1 amide bonds. The molecule has 0 heterocycles. The first kappa shape index (κ1) is 9.47. The van der Waals surface area contributed by atoms with Crippen LogP contribution in [0.4, 0.5) is 0 Å². The van der Waals surface area contributed by atoms with Crippen LogP contribution in [0.2, 0.25) is 0 Å². The van der Waals surface area contributed by atoms with E-state index in [0.29, 0.717) is 0 Å². The highest BCUT2D eigenvalue weighted by molar-refractivity contribution is 5.70. The van der Waals surface area contributed by atoms with Gasteiger partial charge in [0.1, 0.15) is 0 Å². The van der Waals surface area contributed by atoms with E-state index in [1.54, 1.807) is 0 Å². The number of hydrogen-bond donors (Lipinski definition) is 1. The van der Waals surface area contributed by atoms with Crippen molar-refractivity contribution in [3.8, 4) is 0 Å². The van der Waals surface area contributed by atoms with Crippen LogP contribution in [0.25, 0.3) is 0 Å². The fraction of sp³-hybridized carbons (Fsp3) is 0.875. The van der Waals surface area contributed by atoms with E-state index in [4.69, 9.17) is 0 Å².